The van der Waals surface area contributed by atoms with Gasteiger partial charge in [0.1, 0.15) is 11.5 Å². The first-order valence-electron chi connectivity index (χ1n) is 11.6. The molecule has 2 unspecified atom stereocenters. The minimum atomic E-state index is -0.905. The second-order valence-electron chi connectivity index (χ2n) is 8.70. The molecule has 168 valence electrons. The third-order valence-corrected chi connectivity index (χ3v) is 6.40. The first-order chi connectivity index (χ1) is 14.0. The van der Waals surface area contributed by atoms with Gasteiger partial charge in [-0.1, -0.05) is 33.6 Å². The van der Waals surface area contributed by atoms with Crippen LogP contribution in [0, 0.1) is 17.8 Å². The largest absolute Gasteiger partial charge is 0.498 e. The van der Waals surface area contributed by atoms with Crippen molar-refractivity contribution in [2.45, 2.75) is 91.1 Å². The van der Waals surface area contributed by atoms with Crippen LogP contribution in [-0.4, -0.2) is 26.4 Å². The average molecular weight is 415 g/mol. The van der Waals surface area contributed by atoms with Gasteiger partial charge in [0, 0.05) is 19.4 Å². The second kappa shape index (κ2) is 12.6. The number of hydrogen-bond acceptors (Lipinski definition) is 3. The Morgan fingerprint density at radius 3 is 2.00 bits per heavy atom. The Balaban J connectivity index is 0.000000941. The van der Waals surface area contributed by atoms with Crippen LogP contribution in [0.5, 0.6) is 0 Å². The topological polar surface area (TPSA) is 27.7 Å². The van der Waals surface area contributed by atoms with Gasteiger partial charge in [-0.15, -0.1) is 0 Å². The highest BCUT2D eigenvalue weighted by atomic mass is 19.2. The number of rotatable bonds is 6. The Kier molecular flexibility index (Phi) is 10.5. The van der Waals surface area contributed by atoms with Crippen LogP contribution in [0.25, 0.3) is 0 Å². The van der Waals surface area contributed by atoms with Crippen molar-refractivity contribution in [3.05, 3.63) is 23.2 Å². The number of hydrogen-bond donors (Lipinski definition) is 0. The van der Waals surface area contributed by atoms with E-state index >= 15 is 0 Å². The quantitative estimate of drug-likeness (QED) is 0.459. The molecule has 0 aromatic rings. The van der Waals surface area contributed by atoms with E-state index in [4.69, 9.17) is 14.2 Å². The SMILES string of the molecule is CCC.CCC1CCC(C2CCC(COC3=C(F)C(F)=C(OC)CC3)CC2)OC1. The number of methoxy groups -OCH3 is 1. The van der Waals surface area contributed by atoms with E-state index in [0.29, 0.717) is 37.4 Å². The van der Waals surface area contributed by atoms with Crippen LogP contribution in [0.3, 0.4) is 0 Å². The van der Waals surface area contributed by atoms with Gasteiger partial charge in [-0.05, 0) is 56.3 Å². The third-order valence-electron chi connectivity index (χ3n) is 6.40. The maximum Gasteiger partial charge on any atom is 0.199 e. The first kappa shape index (κ1) is 24.2. The lowest BCUT2D eigenvalue weighted by Gasteiger charge is -2.37. The molecular weight excluding hydrogens is 374 g/mol. The highest BCUT2D eigenvalue weighted by Crippen LogP contribution is 2.38. The normalized spacial score (nSPS) is 30.6. The predicted octanol–water partition coefficient (Wildman–Crippen LogP) is 7.23. The summed E-state index contributed by atoms with van der Waals surface area (Å²) in [6.45, 7) is 7.89. The van der Waals surface area contributed by atoms with Crippen molar-refractivity contribution in [3.8, 4) is 0 Å². The van der Waals surface area contributed by atoms with E-state index in [0.717, 1.165) is 38.2 Å². The predicted molar refractivity (Wildman–Crippen MR) is 113 cm³/mol. The molecule has 0 N–H and O–H groups in total. The maximum absolute atomic E-state index is 14.0. The molecule has 0 radical (unpaired) electrons. The van der Waals surface area contributed by atoms with Crippen molar-refractivity contribution >= 4 is 0 Å². The van der Waals surface area contributed by atoms with Gasteiger partial charge in [0.05, 0.1) is 19.8 Å². The Morgan fingerprint density at radius 1 is 0.862 bits per heavy atom. The Hall–Kier alpha value is -1.10. The second-order valence-corrected chi connectivity index (χ2v) is 8.70. The molecule has 3 rings (SSSR count). The van der Waals surface area contributed by atoms with Crippen molar-refractivity contribution in [1.29, 1.82) is 0 Å². The summed E-state index contributed by atoms with van der Waals surface area (Å²) < 4.78 is 44.4. The molecule has 0 spiro atoms. The third kappa shape index (κ3) is 6.97. The molecule has 3 aliphatic rings. The molecule has 0 aromatic heterocycles. The Labute approximate surface area is 175 Å². The van der Waals surface area contributed by atoms with Crippen LogP contribution in [-0.2, 0) is 14.2 Å². The lowest BCUT2D eigenvalue weighted by atomic mass is 9.77. The van der Waals surface area contributed by atoms with Gasteiger partial charge >= 0.3 is 0 Å². The molecule has 0 bridgehead atoms. The molecule has 2 aliphatic carbocycles. The van der Waals surface area contributed by atoms with Crippen molar-refractivity contribution in [1.82, 2.24) is 0 Å². The first-order valence-corrected chi connectivity index (χ1v) is 11.6. The lowest BCUT2D eigenvalue weighted by molar-refractivity contribution is -0.0604. The van der Waals surface area contributed by atoms with Crippen LogP contribution in [0.15, 0.2) is 23.2 Å². The van der Waals surface area contributed by atoms with E-state index in [1.165, 1.54) is 32.8 Å². The van der Waals surface area contributed by atoms with Gasteiger partial charge in [-0.3, -0.25) is 0 Å². The van der Waals surface area contributed by atoms with Crippen molar-refractivity contribution in [2.24, 2.45) is 17.8 Å². The Bertz CT molecular complexity index is 542. The zero-order chi connectivity index (χ0) is 21.2. The summed E-state index contributed by atoms with van der Waals surface area (Å²) in [7, 11) is 1.37. The molecule has 1 heterocycles. The molecule has 3 nitrogen and oxygen atoms in total. The number of halogens is 2. The zero-order valence-corrected chi connectivity index (χ0v) is 18.8. The Morgan fingerprint density at radius 2 is 1.45 bits per heavy atom. The summed E-state index contributed by atoms with van der Waals surface area (Å²) in [5.74, 6) is 0.247. The molecule has 5 heteroatoms. The van der Waals surface area contributed by atoms with Gasteiger partial charge in [-0.2, -0.15) is 8.78 Å². The minimum absolute atomic E-state index is 0.0770. The molecule has 1 saturated carbocycles. The summed E-state index contributed by atoms with van der Waals surface area (Å²) in [4.78, 5) is 0. The van der Waals surface area contributed by atoms with Gasteiger partial charge in [0.15, 0.2) is 11.7 Å². The average Bonchev–Trinajstić information content (AvgIpc) is 2.76. The standard InChI is InChI=1S/C21H32F2O3.C3H8/c1-3-14-6-9-17(25-12-14)16-7-4-15(5-8-16)13-26-19-11-10-18(24-2)20(22)21(19)23;1-3-2/h14-17H,3-13H2,1-2H3;3H2,1-2H3. The van der Waals surface area contributed by atoms with E-state index in [-0.39, 0.29) is 11.5 Å². The number of allylic oxidation sites excluding steroid dienone is 4. The van der Waals surface area contributed by atoms with Gasteiger partial charge in [-0.25, -0.2) is 0 Å². The highest BCUT2D eigenvalue weighted by molar-refractivity contribution is 5.29. The van der Waals surface area contributed by atoms with E-state index in [1.807, 2.05) is 0 Å². The van der Waals surface area contributed by atoms with Crippen molar-refractivity contribution < 1.29 is 23.0 Å². The van der Waals surface area contributed by atoms with E-state index in [9.17, 15) is 8.78 Å². The summed E-state index contributed by atoms with van der Waals surface area (Å²) >= 11 is 0. The summed E-state index contributed by atoms with van der Waals surface area (Å²) in [6.07, 6.45) is 10.6. The fourth-order valence-corrected chi connectivity index (χ4v) is 4.48. The molecular formula is C24H40F2O3. The number of ether oxygens (including phenoxy) is 3. The smallest absolute Gasteiger partial charge is 0.199 e. The van der Waals surface area contributed by atoms with Crippen LogP contribution >= 0.6 is 0 Å². The zero-order valence-electron chi connectivity index (χ0n) is 18.8. The molecule has 0 amide bonds. The van der Waals surface area contributed by atoms with Crippen LogP contribution in [0.4, 0.5) is 8.78 Å². The van der Waals surface area contributed by atoms with E-state index in [2.05, 4.69) is 20.8 Å². The molecule has 1 aliphatic heterocycles. The fraction of sp³-hybridized carbons (Fsp3) is 0.833. The summed E-state index contributed by atoms with van der Waals surface area (Å²) in [5, 5.41) is 0. The van der Waals surface area contributed by atoms with E-state index in [1.54, 1.807) is 0 Å². The van der Waals surface area contributed by atoms with Crippen LogP contribution in [0.2, 0.25) is 0 Å². The lowest BCUT2D eigenvalue weighted by Crippen LogP contribution is -2.34. The van der Waals surface area contributed by atoms with Crippen LogP contribution in [0.1, 0.15) is 85.0 Å². The molecule has 2 atom stereocenters. The summed E-state index contributed by atoms with van der Waals surface area (Å²) in [6, 6.07) is 0. The highest BCUT2D eigenvalue weighted by Gasteiger charge is 2.32. The van der Waals surface area contributed by atoms with Gasteiger partial charge < -0.3 is 14.2 Å². The van der Waals surface area contributed by atoms with Gasteiger partial charge in [0.2, 0.25) is 0 Å². The molecule has 0 aromatic carbocycles. The molecule has 2 fully saturated rings. The van der Waals surface area contributed by atoms with E-state index < -0.39 is 11.7 Å². The van der Waals surface area contributed by atoms with Crippen molar-refractivity contribution in [2.75, 3.05) is 20.3 Å². The monoisotopic (exact) mass is 414 g/mol. The van der Waals surface area contributed by atoms with Crippen molar-refractivity contribution in [3.63, 3.8) is 0 Å². The van der Waals surface area contributed by atoms with Crippen LogP contribution < -0.4 is 0 Å². The molecule has 1 saturated heterocycles. The minimum Gasteiger partial charge on any atom is -0.498 e. The fourth-order valence-electron chi connectivity index (χ4n) is 4.48. The summed E-state index contributed by atoms with van der Waals surface area (Å²) in [5.41, 5.74) is 0. The maximum atomic E-state index is 14.0. The van der Waals surface area contributed by atoms with Gasteiger partial charge in [0.25, 0.3) is 0 Å². The molecule has 29 heavy (non-hydrogen) atoms.